The van der Waals surface area contributed by atoms with Gasteiger partial charge in [0.2, 0.25) is 5.91 Å². The van der Waals surface area contributed by atoms with E-state index < -0.39 is 11.7 Å². The molecule has 0 aliphatic rings. The highest BCUT2D eigenvalue weighted by atomic mass is 16.6. The van der Waals surface area contributed by atoms with Crippen LogP contribution in [-0.4, -0.2) is 31.3 Å². The number of amides is 2. The molecule has 0 aromatic heterocycles. The maximum Gasteiger partial charge on any atom is 0.407 e. The van der Waals surface area contributed by atoms with Gasteiger partial charge in [0.1, 0.15) is 11.4 Å². The van der Waals surface area contributed by atoms with Crippen molar-refractivity contribution in [1.82, 2.24) is 10.6 Å². The van der Waals surface area contributed by atoms with Gasteiger partial charge in [0.05, 0.1) is 7.11 Å². The van der Waals surface area contributed by atoms with Gasteiger partial charge in [-0.2, -0.15) is 0 Å². The lowest BCUT2D eigenvalue weighted by atomic mass is 10.1. The third-order valence-electron chi connectivity index (χ3n) is 2.94. The van der Waals surface area contributed by atoms with Crippen molar-refractivity contribution in [2.75, 3.05) is 13.7 Å². The molecule has 2 amide bonds. The van der Waals surface area contributed by atoms with Crippen LogP contribution in [0, 0.1) is 6.92 Å². The maximum atomic E-state index is 11.8. The van der Waals surface area contributed by atoms with E-state index in [1.54, 1.807) is 27.9 Å². The first-order valence-electron chi connectivity index (χ1n) is 7.58. The summed E-state index contributed by atoms with van der Waals surface area (Å²) >= 11 is 0. The molecule has 0 saturated heterocycles. The zero-order chi connectivity index (χ0) is 17.5. The van der Waals surface area contributed by atoms with Crippen molar-refractivity contribution in [3.8, 4) is 5.75 Å². The fourth-order valence-corrected chi connectivity index (χ4v) is 1.87. The fraction of sp³-hybridized carbons (Fsp3) is 0.529. The van der Waals surface area contributed by atoms with E-state index in [-0.39, 0.29) is 18.9 Å². The molecule has 0 radical (unpaired) electrons. The van der Waals surface area contributed by atoms with E-state index in [9.17, 15) is 9.59 Å². The Hall–Kier alpha value is -2.24. The lowest BCUT2D eigenvalue weighted by molar-refractivity contribution is -0.121. The van der Waals surface area contributed by atoms with Gasteiger partial charge in [0.25, 0.3) is 0 Å². The van der Waals surface area contributed by atoms with Crippen LogP contribution in [0.5, 0.6) is 5.75 Å². The van der Waals surface area contributed by atoms with Crippen LogP contribution in [0.1, 0.15) is 38.3 Å². The van der Waals surface area contributed by atoms with Crippen LogP contribution in [0.2, 0.25) is 0 Å². The van der Waals surface area contributed by atoms with E-state index in [0.717, 1.165) is 16.9 Å². The van der Waals surface area contributed by atoms with Gasteiger partial charge in [-0.3, -0.25) is 4.79 Å². The Bertz CT molecular complexity index is 550. The molecule has 0 aliphatic carbocycles. The summed E-state index contributed by atoms with van der Waals surface area (Å²) in [5.41, 5.74) is 1.46. The van der Waals surface area contributed by atoms with Crippen LogP contribution >= 0.6 is 0 Å². The van der Waals surface area contributed by atoms with Crippen LogP contribution in [0.3, 0.4) is 0 Å². The summed E-state index contributed by atoms with van der Waals surface area (Å²) in [6.45, 7) is 7.95. The second kappa shape index (κ2) is 8.41. The molecule has 23 heavy (non-hydrogen) atoms. The van der Waals surface area contributed by atoms with Crippen molar-refractivity contribution >= 4 is 12.0 Å². The molecule has 0 unspecified atom stereocenters. The third-order valence-corrected chi connectivity index (χ3v) is 2.94. The van der Waals surface area contributed by atoms with Crippen LogP contribution in [0.15, 0.2) is 18.2 Å². The van der Waals surface area contributed by atoms with Gasteiger partial charge in [-0.05, 0) is 39.3 Å². The van der Waals surface area contributed by atoms with Gasteiger partial charge in [-0.25, -0.2) is 4.79 Å². The average Bonchev–Trinajstić information content (AvgIpc) is 2.43. The van der Waals surface area contributed by atoms with E-state index in [0.29, 0.717) is 6.54 Å². The molecule has 0 aliphatic heterocycles. The molecule has 0 bridgehead atoms. The molecule has 0 heterocycles. The number of ether oxygens (including phenoxy) is 2. The largest absolute Gasteiger partial charge is 0.496 e. The standard InChI is InChI=1S/C17H26N2O4/c1-12-6-7-13(14(10-12)22-5)11-19-15(20)8-9-18-16(21)23-17(2,3)4/h6-7,10H,8-9,11H2,1-5H3,(H,18,21)(H,19,20). The number of carbonyl (C=O) groups excluding carboxylic acids is 2. The fourth-order valence-electron chi connectivity index (χ4n) is 1.87. The monoisotopic (exact) mass is 322 g/mol. The molecule has 6 nitrogen and oxygen atoms in total. The molecular weight excluding hydrogens is 296 g/mol. The van der Waals surface area contributed by atoms with E-state index in [1.807, 2.05) is 25.1 Å². The van der Waals surface area contributed by atoms with E-state index in [4.69, 9.17) is 9.47 Å². The minimum absolute atomic E-state index is 0.149. The second-order valence-corrected chi connectivity index (χ2v) is 6.27. The highest BCUT2D eigenvalue weighted by molar-refractivity contribution is 5.77. The SMILES string of the molecule is COc1cc(C)ccc1CNC(=O)CCNC(=O)OC(C)(C)C. The highest BCUT2D eigenvalue weighted by Crippen LogP contribution is 2.19. The van der Waals surface area contributed by atoms with E-state index in [1.165, 1.54) is 0 Å². The van der Waals surface area contributed by atoms with E-state index >= 15 is 0 Å². The Balaban J connectivity index is 2.34. The summed E-state index contributed by atoms with van der Waals surface area (Å²) in [5, 5.41) is 5.36. The number of aryl methyl sites for hydroxylation is 1. The van der Waals surface area contributed by atoms with Crippen LogP contribution in [0.4, 0.5) is 4.79 Å². The van der Waals surface area contributed by atoms with Gasteiger partial charge in [0, 0.05) is 25.1 Å². The van der Waals surface area contributed by atoms with Crippen LogP contribution < -0.4 is 15.4 Å². The summed E-state index contributed by atoms with van der Waals surface area (Å²) in [7, 11) is 1.60. The van der Waals surface area contributed by atoms with Crippen molar-refractivity contribution in [3.05, 3.63) is 29.3 Å². The van der Waals surface area contributed by atoms with Crippen molar-refractivity contribution in [2.24, 2.45) is 0 Å². The lowest BCUT2D eigenvalue weighted by Crippen LogP contribution is -2.35. The molecule has 1 aromatic rings. The second-order valence-electron chi connectivity index (χ2n) is 6.27. The number of carbonyl (C=O) groups is 2. The van der Waals surface area contributed by atoms with Gasteiger partial charge in [-0.15, -0.1) is 0 Å². The summed E-state index contributed by atoms with van der Waals surface area (Å²) in [5.74, 6) is 0.598. The Morgan fingerprint density at radius 1 is 1.17 bits per heavy atom. The summed E-state index contributed by atoms with van der Waals surface area (Å²) < 4.78 is 10.4. The number of hydrogen-bond donors (Lipinski definition) is 2. The predicted molar refractivity (Wildman–Crippen MR) is 88.4 cm³/mol. The predicted octanol–water partition coefficient (Wildman–Crippen LogP) is 2.53. The number of hydrogen-bond acceptors (Lipinski definition) is 4. The number of nitrogens with one attached hydrogen (secondary N) is 2. The third kappa shape index (κ3) is 7.54. The lowest BCUT2D eigenvalue weighted by Gasteiger charge is -2.19. The quantitative estimate of drug-likeness (QED) is 0.844. The summed E-state index contributed by atoms with van der Waals surface area (Å²) in [4.78, 5) is 23.3. The van der Waals surface area contributed by atoms with Gasteiger partial charge in [-0.1, -0.05) is 12.1 Å². The van der Waals surface area contributed by atoms with Crippen LogP contribution in [-0.2, 0) is 16.1 Å². The smallest absolute Gasteiger partial charge is 0.407 e. The first-order valence-corrected chi connectivity index (χ1v) is 7.58. The molecular formula is C17H26N2O4. The van der Waals surface area contributed by atoms with Crippen LogP contribution in [0.25, 0.3) is 0 Å². The number of rotatable bonds is 6. The van der Waals surface area contributed by atoms with Gasteiger partial charge >= 0.3 is 6.09 Å². The Kier molecular flexibility index (Phi) is 6.88. The minimum atomic E-state index is -0.547. The highest BCUT2D eigenvalue weighted by Gasteiger charge is 2.15. The Morgan fingerprint density at radius 2 is 1.87 bits per heavy atom. The normalized spacial score (nSPS) is 10.8. The maximum absolute atomic E-state index is 11.8. The zero-order valence-electron chi connectivity index (χ0n) is 14.5. The first-order chi connectivity index (χ1) is 10.7. The Labute approximate surface area is 137 Å². The molecule has 0 spiro atoms. The Morgan fingerprint density at radius 3 is 2.48 bits per heavy atom. The van der Waals surface area contributed by atoms with Crippen molar-refractivity contribution in [1.29, 1.82) is 0 Å². The molecule has 0 saturated carbocycles. The van der Waals surface area contributed by atoms with Gasteiger partial charge < -0.3 is 20.1 Å². The van der Waals surface area contributed by atoms with Crippen molar-refractivity contribution < 1.29 is 19.1 Å². The van der Waals surface area contributed by atoms with Crippen molar-refractivity contribution in [2.45, 2.75) is 46.3 Å². The molecule has 6 heteroatoms. The summed E-state index contributed by atoms with van der Waals surface area (Å²) in [6.07, 6.45) is -0.335. The molecule has 1 aromatic carbocycles. The zero-order valence-corrected chi connectivity index (χ0v) is 14.5. The molecule has 128 valence electrons. The summed E-state index contributed by atoms with van der Waals surface area (Å²) in [6, 6.07) is 5.81. The van der Waals surface area contributed by atoms with E-state index in [2.05, 4.69) is 10.6 Å². The average molecular weight is 322 g/mol. The minimum Gasteiger partial charge on any atom is -0.496 e. The van der Waals surface area contributed by atoms with Gasteiger partial charge in [0.15, 0.2) is 0 Å². The molecule has 1 rings (SSSR count). The topological polar surface area (TPSA) is 76.7 Å². The molecule has 0 fully saturated rings. The number of methoxy groups -OCH3 is 1. The first kappa shape index (κ1) is 18.8. The number of benzene rings is 1. The molecule has 0 atom stereocenters. The number of alkyl carbamates (subject to hydrolysis) is 1. The molecule has 2 N–H and O–H groups in total. The van der Waals surface area contributed by atoms with Crippen molar-refractivity contribution in [3.63, 3.8) is 0 Å².